The SMILES string of the molecule is CC(C)c1ccc(C[NH+](C)CN2C(=O)[C@H]3CCCC[C@@H]3C2=O)cc1. The average Bonchev–Trinajstić information content (AvgIpc) is 2.81. The lowest BCUT2D eigenvalue weighted by Gasteiger charge is -2.21. The highest BCUT2D eigenvalue weighted by Crippen LogP contribution is 2.37. The maximum absolute atomic E-state index is 12.5. The molecule has 1 N–H and O–H groups in total. The van der Waals surface area contributed by atoms with Gasteiger partial charge in [0.2, 0.25) is 11.8 Å². The number of fused-ring (bicyclic) bond motifs is 1. The summed E-state index contributed by atoms with van der Waals surface area (Å²) in [5.74, 6) is 0.597. The summed E-state index contributed by atoms with van der Waals surface area (Å²) < 4.78 is 0. The number of carbonyl (C=O) groups is 2. The van der Waals surface area contributed by atoms with Crippen molar-refractivity contribution in [1.29, 1.82) is 0 Å². The molecule has 3 rings (SSSR count). The fourth-order valence-corrected chi connectivity index (χ4v) is 4.08. The van der Waals surface area contributed by atoms with E-state index in [0.29, 0.717) is 12.6 Å². The van der Waals surface area contributed by atoms with Crippen LogP contribution in [-0.2, 0) is 16.1 Å². The van der Waals surface area contributed by atoms with E-state index in [0.717, 1.165) is 32.2 Å². The van der Waals surface area contributed by atoms with Crippen molar-refractivity contribution >= 4 is 11.8 Å². The number of benzene rings is 1. The van der Waals surface area contributed by atoms with Gasteiger partial charge in [-0.15, -0.1) is 0 Å². The van der Waals surface area contributed by atoms with Gasteiger partial charge < -0.3 is 4.90 Å². The van der Waals surface area contributed by atoms with Gasteiger partial charge in [0.15, 0.2) is 6.67 Å². The summed E-state index contributed by atoms with van der Waals surface area (Å²) in [4.78, 5) is 27.8. The Kier molecular flexibility index (Phi) is 5.04. The number of hydrogen-bond donors (Lipinski definition) is 1. The van der Waals surface area contributed by atoms with Crippen LogP contribution in [0.4, 0.5) is 0 Å². The van der Waals surface area contributed by atoms with Gasteiger partial charge in [0.25, 0.3) is 0 Å². The molecule has 1 saturated heterocycles. The quantitative estimate of drug-likeness (QED) is 0.839. The van der Waals surface area contributed by atoms with Crippen molar-refractivity contribution in [2.45, 2.75) is 52.0 Å². The van der Waals surface area contributed by atoms with Crippen molar-refractivity contribution in [2.75, 3.05) is 13.7 Å². The molecule has 2 amide bonds. The summed E-state index contributed by atoms with van der Waals surface area (Å²) in [5.41, 5.74) is 2.58. The maximum atomic E-state index is 12.5. The van der Waals surface area contributed by atoms with E-state index in [1.807, 2.05) is 0 Å². The van der Waals surface area contributed by atoms with Crippen LogP contribution in [-0.4, -0.2) is 30.4 Å². The van der Waals surface area contributed by atoms with Crippen molar-refractivity contribution in [3.63, 3.8) is 0 Å². The number of rotatable bonds is 5. The third-order valence-electron chi connectivity index (χ3n) is 5.51. The summed E-state index contributed by atoms with van der Waals surface area (Å²) in [7, 11) is 2.05. The number of nitrogens with zero attached hydrogens (tertiary/aromatic N) is 1. The van der Waals surface area contributed by atoms with Crippen molar-refractivity contribution < 1.29 is 14.5 Å². The molecule has 2 aliphatic rings. The highest BCUT2D eigenvalue weighted by Gasteiger charge is 2.48. The second kappa shape index (κ2) is 7.06. The van der Waals surface area contributed by atoms with Crippen LogP contribution in [0.1, 0.15) is 56.6 Å². The average molecular weight is 329 g/mol. The molecule has 0 aromatic heterocycles. The van der Waals surface area contributed by atoms with E-state index in [9.17, 15) is 9.59 Å². The number of nitrogens with one attached hydrogen (secondary N) is 1. The Labute approximate surface area is 144 Å². The summed E-state index contributed by atoms with van der Waals surface area (Å²) >= 11 is 0. The molecule has 24 heavy (non-hydrogen) atoms. The van der Waals surface area contributed by atoms with Gasteiger partial charge in [-0.2, -0.15) is 0 Å². The van der Waals surface area contributed by atoms with Gasteiger partial charge in [0.05, 0.1) is 18.9 Å². The molecule has 1 unspecified atom stereocenters. The van der Waals surface area contributed by atoms with Gasteiger partial charge in [0.1, 0.15) is 6.54 Å². The third-order valence-corrected chi connectivity index (χ3v) is 5.51. The van der Waals surface area contributed by atoms with Gasteiger partial charge in [-0.05, 0) is 24.3 Å². The molecule has 1 aromatic rings. The topological polar surface area (TPSA) is 41.8 Å². The van der Waals surface area contributed by atoms with Crippen molar-refractivity contribution in [1.82, 2.24) is 4.90 Å². The third kappa shape index (κ3) is 3.39. The fraction of sp³-hybridized carbons (Fsp3) is 0.600. The van der Waals surface area contributed by atoms with Crippen LogP contribution in [0.3, 0.4) is 0 Å². The molecule has 1 heterocycles. The molecule has 0 spiro atoms. The van der Waals surface area contributed by atoms with E-state index in [-0.39, 0.29) is 23.7 Å². The van der Waals surface area contributed by atoms with E-state index in [1.165, 1.54) is 20.9 Å². The van der Waals surface area contributed by atoms with Gasteiger partial charge >= 0.3 is 0 Å². The number of quaternary nitrogens is 1. The van der Waals surface area contributed by atoms with Crippen LogP contribution in [0.25, 0.3) is 0 Å². The number of amides is 2. The largest absolute Gasteiger partial charge is 0.316 e. The summed E-state index contributed by atoms with van der Waals surface area (Å²) in [6.45, 7) is 5.69. The first-order valence-corrected chi connectivity index (χ1v) is 9.22. The zero-order valence-corrected chi connectivity index (χ0v) is 15.0. The second-order valence-corrected chi connectivity index (χ2v) is 7.79. The Bertz CT molecular complexity index is 585. The Balaban J connectivity index is 1.61. The van der Waals surface area contributed by atoms with Gasteiger partial charge in [-0.1, -0.05) is 51.0 Å². The highest BCUT2D eigenvalue weighted by atomic mass is 16.2. The molecule has 0 radical (unpaired) electrons. The number of imide groups is 1. The summed E-state index contributed by atoms with van der Waals surface area (Å²) in [6.07, 6.45) is 3.95. The van der Waals surface area contributed by atoms with Crippen LogP contribution < -0.4 is 4.90 Å². The highest BCUT2D eigenvalue weighted by molar-refractivity contribution is 6.05. The van der Waals surface area contributed by atoms with Crippen molar-refractivity contribution in [2.24, 2.45) is 11.8 Å². The first-order chi connectivity index (χ1) is 11.5. The van der Waals surface area contributed by atoms with E-state index in [2.05, 4.69) is 45.2 Å². The Morgan fingerprint density at radius 1 is 1.04 bits per heavy atom. The monoisotopic (exact) mass is 329 g/mol. The molecule has 1 aliphatic heterocycles. The van der Waals surface area contributed by atoms with Gasteiger partial charge in [-0.3, -0.25) is 9.59 Å². The molecule has 1 aromatic carbocycles. The van der Waals surface area contributed by atoms with E-state index in [1.54, 1.807) is 0 Å². The molecule has 1 saturated carbocycles. The second-order valence-electron chi connectivity index (χ2n) is 7.79. The van der Waals surface area contributed by atoms with E-state index < -0.39 is 0 Å². The predicted molar refractivity (Wildman–Crippen MR) is 93.3 cm³/mol. The number of hydrogen-bond acceptors (Lipinski definition) is 2. The normalized spacial score (nSPS) is 25.2. The van der Waals surface area contributed by atoms with Crippen LogP contribution in [0, 0.1) is 11.8 Å². The molecule has 1 aliphatic carbocycles. The smallest absolute Gasteiger partial charge is 0.237 e. The number of likely N-dealkylation sites (tertiary alicyclic amines) is 1. The standard InChI is InChI=1S/C20H28N2O2/c1-14(2)16-10-8-15(9-11-16)12-21(3)13-22-19(23)17-6-4-5-7-18(17)20(22)24/h8-11,14,17-18H,4-7,12-13H2,1-3H3/p+1/t17-,18-/m0/s1. The lowest BCUT2D eigenvalue weighted by atomic mass is 9.81. The molecule has 0 bridgehead atoms. The maximum Gasteiger partial charge on any atom is 0.237 e. The lowest BCUT2D eigenvalue weighted by molar-refractivity contribution is -0.901. The zero-order chi connectivity index (χ0) is 17.3. The Morgan fingerprint density at radius 2 is 1.58 bits per heavy atom. The molecular weight excluding hydrogens is 300 g/mol. The van der Waals surface area contributed by atoms with Crippen molar-refractivity contribution in [3.8, 4) is 0 Å². The van der Waals surface area contributed by atoms with Crippen LogP contribution in [0.5, 0.6) is 0 Å². The van der Waals surface area contributed by atoms with Crippen molar-refractivity contribution in [3.05, 3.63) is 35.4 Å². The Morgan fingerprint density at radius 3 is 2.08 bits per heavy atom. The number of carbonyl (C=O) groups excluding carboxylic acids is 2. The fourth-order valence-electron chi connectivity index (χ4n) is 4.08. The summed E-state index contributed by atoms with van der Waals surface area (Å²) in [5, 5.41) is 0. The molecule has 130 valence electrons. The predicted octanol–water partition coefficient (Wildman–Crippen LogP) is 1.96. The summed E-state index contributed by atoms with van der Waals surface area (Å²) in [6, 6.07) is 8.67. The first-order valence-electron chi connectivity index (χ1n) is 9.22. The molecule has 3 atom stereocenters. The van der Waals surface area contributed by atoms with E-state index >= 15 is 0 Å². The molecule has 4 heteroatoms. The van der Waals surface area contributed by atoms with Crippen LogP contribution in [0.15, 0.2) is 24.3 Å². The molecular formula is C20H29N2O2+. The van der Waals surface area contributed by atoms with Gasteiger partial charge in [0, 0.05) is 5.56 Å². The minimum absolute atomic E-state index is 0.0376. The minimum atomic E-state index is -0.0376. The zero-order valence-electron chi connectivity index (χ0n) is 15.0. The van der Waals surface area contributed by atoms with E-state index in [4.69, 9.17) is 0 Å². The Hall–Kier alpha value is -1.68. The first kappa shape index (κ1) is 17.2. The lowest BCUT2D eigenvalue weighted by Crippen LogP contribution is -3.09. The van der Waals surface area contributed by atoms with Gasteiger partial charge in [-0.25, -0.2) is 4.90 Å². The molecule has 2 fully saturated rings. The van der Waals surface area contributed by atoms with Crippen LogP contribution >= 0.6 is 0 Å². The molecule has 4 nitrogen and oxygen atoms in total. The van der Waals surface area contributed by atoms with Crippen LogP contribution in [0.2, 0.25) is 0 Å². The minimum Gasteiger partial charge on any atom is -0.316 e.